The fourth-order valence-electron chi connectivity index (χ4n) is 2.93. The van der Waals surface area contributed by atoms with Gasteiger partial charge in [-0.2, -0.15) is 0 Å². The van der Waals surface area contributed by atoms with E-state index in [9.17, 15) is 13.2 Å². The van der Waals surface area contributed by atoms with Gasteiger partial charge in [0.15, 0.2) is 9.84 Å². The van der Waals surface area contributed by atoms with E-state index < -0.39 is 28.4 Å². The molecular weight excluding hydrogens is 400 g/mol. The molecule has 0 saturated carbocycles. The first-order valence-corrected chi connectivity index (χ1v) is 11.2. The van der Waals surface area contributed by atoms with Crippen LogP contribution in [0, 0.1) is 0 Å². The Morgan fingerprint density at radius 3 is 2.10 bits per heavy atom. The summed E-state index contributed by atoms with van der Waals surface area (Å²) in [5.74, 6) is -0.550. The van der Waals surface area contributed by atoms with Gasteiger partial charge in [-0.25, -0.2) is 8.42 Å². The summed E-state index contributed by atoms with van der Waals surface area (Å²) in [4.78, 5) is 11.9. The van der Waals surface area contributed by atoms with Crippen molar-refractivity contribution >= 4 is 21.4 Å². The number of benzene rings is 3. The molecule has 3 rings (SSSR count). The molecule has 0 saturated heterocycles. The molecule has 0 unspecified atom stereocenters. The Balaban J connectivity index is 1.62. The van der Waals surface area contributed by atoms with E-state index >= 15 is 0 Å². The second kappa shape index (κ2) is 9.67. The summed E-state index contributed by atoms with van der Waals surface area (Å²) in [7, 11) is -3.46. The summed E-state index contributed by atoms with van der Waals surface area (Å²) < 4.78 is 25.3. The molecule has 0 bridgehead atoms. The lowest BCUT2D eigenvalue weighted by atomic mass is 10.0. The molecule has 0 aliphatic carbocycles. The van der Waals surface area contributed by atoms with Crippen LogP contribution >= 0.6 is 0 Å². The molecule has 1 atom stereocenters. The molecular formula is C23H24N2O4S. The average Bonchev–Trinajstić information content (AvgIpc) is 2.78. The van der Waals surface area contributed by atoms with Gasteiger partial charge >= 0.3 is 0 Å². The fourth-order valence-corrected chi connectivity index (χ4v) is 4.22. The maximum atomic E-state index is 12.6. The van der Waals surface area contributed by atoms with Gasteiger partial charge in [0.05, 0.1) is 17.3 Å². The lowest BCUT2D eigenvalue weighted by Gasteiger charge is -2.10. The predicted molar refractivity (Wildman–Crippen MR) is 118 cm³/mol. The van der Waals surface area contributed by atoms with Gasteiger partial charge in [-0.15, -0.1) is 0 Å². The average molecular weight is 425 g/mol. The number of aliphatic hydroxyl groups excluding tert-OH is 1. The third-order valence-electron chi connectivity index (χ3n) is 4.73. The smallest absolute Gasteiger partial charge is 0.243 e. The summed E-state index contributed by atoms with van der Waals surface area (Å²) in [6.07, 6.45) is 0.404. The number of amides is 1. The Morgan fingerprint density at radius 1 is 0.900 bits per heavy atom. The second-order valence-electron chi connectivity index (χ2n) is 6.93. The SMILES string of the molecule is N[C@@H](CO)C(=O)Nc1ccc(S(=O)(=O)CCc2ccc(-c3ccccc3)cc2)cc1. The van der Waals surface area contributed by atoms with Gasteiger partial charge in [0.1, 0.15) is 6.04 Å². The highest BCUT2D eigenvalue weighted by atomic mass is 32.2. The number of nitrogens with one attached hydrogen (secondary N) is 1. The molecule has 0 spiro atoms. The Bertz CT molecular complexity index is 1080. The van der Waals surface area contributed by atoms with E-state index in [0.29, 0.717) is 12.1 Å². The van der Waals surface area contributed by atoms with Crippen LogP contribution in [0.5, 0.6) is 0 Å². The number of aliphatic hydroxyl groups is 1. The molecule has 0 fully saturated rings. The molecule has 1 amide bonds. The first kappa shape index (κ1) is 21.7. The number of hydrogen-bond acceptors (Lipinski definition) is 5. The zero-order valence-electron chi connectivity index (χ0n) is 16.4. The van der Waals surface area contributed by atoms with E-state index in [2.05, 4.69) is 5.32 Å². The van der Waals surface area contributed by atoms with Crippen molar-refractivity contribution in [3.05, 3.63) is 84.4 Å². The third-order valence-corrected chi connectivity index (χ3v) is 6.47. The van der Waals surface area contributed by atoms with E-state index in [-0.39, 0.29) is 10.6 Å². The molecule has 0 aromatic heterocycles. The molecule has 30 heavy (non-hydrogen) atoms. The summed E-state index contributed by atoms with van der Waals surface area (Å²) in [5.41, 5.74) is 9.00. The molecule has 156 valence electrons. The lowest BCUT2D eigenvalue weighted by Crippen LogP contribution is -2.38. The van der Waals surface area contributed by atoms with Crippen molar-refractivity contribution in [1.82, 2.24) is 0 Å². The van der Waals surface area contributed by atoms with Crippen LogP contribution < -0.4 is 11.1 Å². The van der Waals surface area contributed by atoms with E-state index in [4.69, 9.17) is 10.8 Å². The van der Waals surface area contributed by atoms with Gasteiger partial charge < -0.3 is 16.2 Å². The highest BCUT2D eigenvalue weighted by Gasteiger charge is 2.16. The molecule has 0 aliphatic heterocycles. The fraction of sp³-hybridized carbons (Fsp3) is 0.174. The summed E-state index contributed by atoms with van der Waals surface area (Å²) >= 11 is 0. The van der Waals surface area contributed by atoms with Gasteiger partial charge in [-0.3, -0.25) is 4.79 Å². The Kier molecular flexibility index (Phi) is 6.99. The Labute approximate surface area is 176 Å². The monoisotopic (exact) mass is 424 g/mol. The minimum Gasteiger partial charge on any atom is -0.394 e. The Morgan fingerprint density at radius 2 is 1.50 bits per heavy atom. The zero-order chi connectivity index (χ0) is 21.6. The number of carbonyl (C=O) groups excluding carboxylic acids is 1. The molecule has 0 radical (unpaired) electrons. The van der Waals surface area contributed by atoms with Crippen molar-refractivity contribution in [1.29, 1.82) is 0 Å². The molecule has 4 N–H and O–H groups in total. The number of hydrogen-bond donors (Lipinski definition) is 3. The quantitative estimate of drug-likeness (QED) is 0.515. The van der Waals surface area contributed by atoms with E-state index in [1.807, 2.05) is 54.6 Å². The van der Waals surface area contributed by atoms with Crippen molar-refractivity contribution < 1.29 is 18.3 Å². The van der Waals surface area contributed by atoms with Crippen LogP contribution in [-0.2, 0) is 21.1 Å². The number of aryl methyl sites for hydroxylation is 1. The van der Waals surface area contributed by atoms with Crippen LogP contribution in [0.2, 0.25) is 0 Å². The number of rotatable bonds is 8. The van der Waals surface area contributed by atoms with E-state index in [0.717, 1.165) is 16.7 Å². The summed E-state index contributed by atoms with van der Waals surface area (Å²) in [6.45, 7) is -0.468. The largest absolute Gasteiger partial charge is 0.394 e. The minimum atomic E-state index is -3.46. The standard InChI is InChI=1S/C23H24N2O4S/c24-22(16-26)23(27)25-20-10-12-21(13-11-20)30(28,29)15-14-17-6-8-19(9-7-17)18-4-2-1-3-5-18/h1-13,22,26H,14-16,24H2,(H,25,27)/t22-/m0/s1. The van der Waals surface area contributed by atoms with Crippen LogP contribution in [0.4, 0.5) is 5.69 Å². The summed E-state index contributed by atoms with van der Waals surface area (Å²) in [5, 5.41) is 11.4. The molecule has 3 aromatic rings. The van der Waals surface area contributed by atoms with Crippen molar-refractivity contribution in [2.24, 2.45) is 5.73 Å². The molecule has 3 aromatic carbocycles. The third kappa shape index (κ3) is 5.54. The van der Waals surface area contributed by atoms with Crippen molar-refractivity contribution in [2.45, 2.75) is 17.4 Å². The van der Waals surface area contributed by atoms with Gasteiger partial charge in [0.2, 0.25) is 5.91 Å². The van der Waals surface area contributed by atoms with Crippen LogP contribution in [0.3, 0.4) is 0 Å². The van der Waals surface area contributed by atoms with E-state index in [1.165, 1.54) is 24.3 Å². The van der Waals surface area contributed by atoms with Crippen LogP contribution in [0.15, 0.2) is 83.8 Å². The maximum absolute atomic E-state index is 12.6. The van der Waals surface area contributed by atoms with Crippen molar-refractivity contribution in [3.63, 3.8) is 0 Å². The first-order chi connectivity index (χ1) is 14.4. The minimum absolute atomic E-state index is 0.0151. The highest BCUT2D eigenvalue weighted by molar-refractivity contribution is 7.91. The lowest BCUT2D eigenvalue weighted by molar-refractivity contribution is -0.118. The van der Waals surface area contributed by atoms with Crippen LogP contribution in [0.1, 0.15) is 5.56 Å². The second-order valence-corrected chi connectivity index (χ2v) is 9.04. The predicted octanol–water partition coefficient (Wildman–Crippen LogP) is 2.63. The normalized spacial score (nSPS) is 12.3. The van der Waals surface area contributed by atoms with E-state index in [1.54, 1.807) is 0 Å². The van der Waals surface area contributed by atoms with Gasteiger partial charge in [0, 0.05) is 5.69 Å². The van der Waals surface area contributed by atoms with Gasteiger partial charge in [-0.1, -0.05) is 54.6 Å². The van der Waals surface area contributed by atoms with Crippen molar-refractivity contribution in [3.8, 4) is 11.1 Å². The summed E-state index contributed by atoms with van der Waals surface area (Å²) in [6, 6.07) is 22.7. The van der Waals surface area contributed by atoms with Gasteiger partial charge in [-0.05, 0) is 47.4 Å². The number of carbonyl (C=O) groups is 1. The molecule has 0 heterocycles. The molecule has 0 aliphatic rings. The zero-order valence-corrected chi connectivity index (χ0v) is 17.2. The Hall–Kier alpha value is -3.00. The van der Waals surface area contributed by atoms with Crippen LogP contribution in [0.25, 0.3) is 11.1 Å². The molecule has 6 nitrogen and oxygen atoms in total. The molecule has 7 heteroatoms. The highest BCUT2D eigenvalue weighted by Crippen LogP contribution is 2.21. The maximum Gasteiger partial charge on any atom is 0.243 e. The van der Waals surface area contributed by atoms with Crippen molar-refractivity contribution in [2.75, 3.05) is 17.7 Å². The van der Waals surface area contributed by atoms with Gasteiger partial charge in [0.25, 0.3) is 0 Å². The van der Waals surface area contributed by atoms with Crippen LogP contribution in [-0.4, -0.2) is 37.8 Å². The first-order valence-electron chi connectivity index (χ1n) is 9.53. The topological polar surface area (TPSA) is 109 Å². The number of nitrogens with two attached hydrogens (primary N) is 1. The number of sulfone groups is 1. The number of anilines is 1.